The van der Waals surface area contributed by atoms with Gasteiger partial charge in [0.2, 0.25) is 0 Å². The molecular formula is C23H36O14. The molecule has 0 aromatic carbocycles. The highest BCUT2D eigenvalue weighted by atomic mass is 16.7. The third kappa shape index (κ3) is 8.41. The van der Waals surface area contributed by atoms with E-state index in [2.05, 4.69) is 6.58 Å². The Hall–Kier alpha value is -2.17. The van der Waals surface area contributed by atoms with Gasteiger partial charge in [0.05, 0.1) is 18.8 Å². The largest absolute Gasteiger partial charge is 0.481 e. The molecule has 2 aliphatic rings. The van der Waals surface area contributed by atoms with Crippen molar-refractivity contribution in [3.63, 3.8) is 0 Å². The van der Waals surface area contributed by atoms with Crippen molar-refractivity contribution in [1.82, 2.24) is 0 Å². The first kappa shape index (κ1) is 31.1. The smallest absolute Gasteiger partial charge is 0.333 e. The Morgan fingerprint density at radius 3 is 2.16 bits per heavy atom. The standard InChI is InChI=1S/C23H36O14/c1-10(2)22(31)36-19-11(3)34-13(8-33-9-15(26)27)21(18(19)30)37-23-17(29)16(28)20(32-4)12(35-23)6-5-7-14(24)25/h11-13,16-21,23,28-30H,1,5-9H2,2-4H3,(H,24,25)(H,26,27). The highest BCUT2D eigenvalue weighted by molar-refractivity contribution is 5.87. The number of methoxy groups -OCH3 is 1. The number of rotatable bonds is 13. The summed E-state index contributed by atoms with van der Waals surface area (Å²) in [5.41, 5.74) is 0.0766. The van der Waals surface area contributed by atoms with E-state index in [0.29, 0.717) is 0 Å². The summed E-state index contributed by atoms with van der Waals surface area (Å²) in [6.07, 6.45) is -12.4. The molecule has 2 aliphatic heterocycles. The average Bonchev–Trinajstić information content (AvgIpc) is 2.81. The van der Waals surface area contributed by atoms with Gasteiger partial charge in [-0.1, -0.05) is 6.58 Å². The van der Waals surface area contributed by atoms with Crippen molar-refractivity contribution in [2.75, 3.05) is 20.3 Å². The number of carboxylic acids is 2. The summed E-state index contributed by atoms with van der Waals surface area (Å²) in [6, 6.07) is 0. The zero-order valence-corrected chi connectivity index (χ0v) is 20.9. The molecule has 14 heteroatoms. The molecule has 212 valence electrons. The normalized spacial score (nSPS) is 36.1. The minimum Gasteiger partial charge on any atom is -0.481 e. The fraction of sp³-hybridized carbons (Fsp3) is 0.783. The zero-order valence-electron chi connectivity index (χ0n) is 20.9. The van der Waals surface area contributed by atoms with Crippen molar-refractivity contribution in [2.45, 2.75) is 94.3 Å². The number of esters is 1. The van der Waals surface area contributed by atoms with E-state index >= 15 is 0 Å². The Bertz CT molecular complexity index is 802. The van der Waals surface area contributed by atoms with Gasteiger partial charge in [0.15, 0.2) is 12.4 Å². The molecule has 0 aliphatic carbocycles. The van der Waals surface area contributed by atoms with Crippen LogP contribution in [0.2, 0.25) is 0 Å². The van der Waals surface area contributed by atoms with Gasteiger partial charge in [0.1, 0.15) is 43.2 Å². The number of carboxylic acid groups (broad SMARTS) is 2. The lowest BCUT2D eigenvalue weighted by Crippen LogP contribution is -2.64. The van der Waals surface area contributed by atoms with Gasteiger partial charge in [0, 0.05) is 19.1 Å². The molecule has 37 heavy (non-hydrogen) atoms. The van der Waals surface area contributed by atoms with E-state index in [1.807, 2.05) is 0 Å². The molecule has 10 unspecified atom stereocenters. The van der Waals surface area contributed by atoms with Crippen LogP contribution >= 0.6 is 0 Å². The Kier molecular flexibility index (Phi) is 11.8. The maximum Gasteiger partial charge on any atom is 0.333 e. The van der Waals surface area contributed by atoms with Crippen LogP contribution < -0.4 is 0 Å². The summed E-state index contributed by atoms with van der Waals surface area (Å²) in [6.45, 7) is 5.45. The summed E-state index contributed by atoms with van der Waals surface area (Å²) in [5, 5.41) is 50.1. The van der Waals surface area contributed by atoms with Crippen LogP contribution in [0.3, 0.4) is 0 Å². The van der Waals surface area contributed by atoms with Crippen molar-refractivity contribution in [1.29, 1.82) is 0 Å². The van der Waals surface area contributed by atoms with Crippen LogP contribution in [0.5, 0.6) is 0 Å². The van der Waals surface area contributed by atoms with E-state index in [0.717, 1.165) is 0 Å². The molecule has 0 spiro atoms. The van der Waals surface area contributed by atoms with Crippen molar-refractivity contribution in [3.05, 3.63) is 12.2 Å². The van der Waals surface area contributed by atoms with Crippen LogP contribution in [-0.2, 0) is 42.8 Å². The van der Waals surface area contributed by atoms with Crippen LogP contribution in [0.25, 0.3) is 0 Å². The molecule has 0 aromatic heterocycles. The van der Waals surface area contributed by atoms with Crippen LogP contribution in [-0.4, -0.2) is 125 Å². The quantitative estimate of drug-likeness (QED) is 0.139. The average molecular weight is 537 g/mol. The van der Waals surface area contributed by atoms with Gasteiger partial charge in [-0.2, -0.15) is 0 Å². The number of aliphatic carboxylic acids is 2. The minimum absolute atomic E-state index is 0.0766. The Balaban J connectivity index is 2.25. The number of ether oxygens (including phenoxy) is 6. The number of carbonyl (C=O) groups excluding carboxylic acids is 1. The van der Waals surface area contributed by atoms with Gasteiger partial charge in [-0.05, 0) is 26.7 Å². The first-order chi connectivity index (χ1) is 17.4. The molecular weight excluding hydrogens is 500 g/mol. The van der Waals surface area contributed by atoms with Gasteiger partial charge in [-0.15, -0.1) is 0 Å². The fourth-order valence-corrected chi connectivity index (χ4v) is 4.22. The molecule has 14 nitrogen and oxygen atoms in total. The third-order valence-electron chi connectivity index (χ3n) is 6.07. The number of hydrogen-bond acceptors (Lipinski definition) is 12. The van der Waals surface area contributed by atoms with Gasteiger partial charge in [0.25, 0.3) is 0 Å². The van der Waals surface area contributed by atoms with Crippen molar-refractivity contribution < 1.29 is 68.3 Å². The summed E-state index contributed by atoms with van der Waals surface area (Å²) < 4.78 is 33.1. The van der Waals surface area contributed by atoms with E-state index in [1.54, 1.807) is 0 Å². The lowest BCUT2D eigenvalue weighted by Gasteiger charge is -2.47. The Morgan fingerprint density at radius 1 is 0.919 bits per heavy atom. The monoisotopic (exact) mass is 536 g/mol. The topological polar surface area (TPSA) is 208 Å². The summed E-state index contributed by atoms with van der Waals surface area (Å²) in [7, 11) is 1.30. The van der Waals surface area contributed by atoms with E-state index in [1.165, 1.54) is 21.0 Å². The molecule has 2 fully saturated rings. The fourth-order valence-electron chi connectivity index (χ4n) is 4.22. The lowest BCUT2D eigenvalue weighted by atomic mass is 9.93. The summed E-state index contributed by atoms with van der Waals surface area (Å²) >= 11 is 0. The maximum absolute atomic E-state index is 12.1. The molecule has 2 saturated heterocycles. The van der Waals surface area contributed by atoms with E-state index < -0.39 is 85.7 Å². The van der Waals surface area contributed by atoms with E-state index in [9.17, 15) is 29.7 Å². The first-order valence-electron chi connectivity index (χ1n) is 11.8. The van der Waals surface area contributed by atoms with Crippen molar-refractivity contribution in [3.8, 4) is 0 Å². The second-order valence-electron chi connectivity index (χ2n) is 9.04. The molecule has 10 atom stereocenters. The van der Waals surface area contributed by atoms with Crippen molar-refractivity contribution in [2.24, 2.45) is 0 Å². The Morgan fingerprint density at radius 2 is 1.59 bits per heavy atom. The number of aliphatic hydroxyl groups is 3. The van der Waals surface area contributed by atoms with Gasteiger partial charge >= 0.3 is 17.9 Å². The number of hydrogen-bond donors (Lipinski definition) is 5. The highest BCUT2D eigenvalue weighted by Gasteiger charge is 2.51. The summed E-state index contributed by atoms with van der Waals surface area (Å²) in [4.78, 5) is 33.9. The van der Waals surface area contributed by atoms with Crippen LogP contribution in [0.15, 0.2) is 12.2 Å². The molecule has 2 rings (SSSR count). The van der Waals surface area contributed by atoms with Crippen molar-refractivity contribution >= 4 is 17.9 Å². The first-order valence-corrected chi connectivity index (χ1v) is 11.8. The second kappa shape index (κ2) is 14.1. The second-order valence-corrected chi connectivity index (χ2v) is 9.04. The van der Waals surface area contributed by atoms with Crippen LogP contribution in [0.1, 0.15) is 33.1 Å². The van der Waals surface area contributed by atoms with Gasteiger partial charge in [-0.25, -0.2) is 9.59 Å². The molecule has 0 amide bonds. The number of carbonyl (C=O) groups is 3. The maximum atomic E-state index is 12.1. The molecule has 2 heterocycles. The minimum atomic E-state index is -1.65. The number of aliphatic hydroxyl groups excluding tert-OH is 3. The highest BCUT2D eigenvalue weighted by Crippen LogP contribution is 2.32. The Labute approximate surface area is 213 Å². The van der Waals surface area contributed by atoms with Crippen LogP contribution in [0, 0.1) is 0 Å². The third-order valence-corrected chi connectivity index (χ3v) is 6.07. The molecule has 0 radical (unpaired) electrons. The van der Waals surface area contributed by atoms with Gasteiger partial charge < -0.3 is 54.0 Å². The lowest BCUT2D eigenvalue weighted by molar-refractivity contribution is -0.341. The predicted molar refractivity (Wildman–Crippen MR) is 121 cm³/mol. The molecule has 5 N–H and O–H groups in total. The van der Waals surface area contributed by atoms with Gasteiger partial charge in [-0.3, -0.25) is 4.79 Å². The summed E-state index contributed by atoms with van der Waals surface area (Å²) in [5.74, 6) is -3.04. The molecule has 0 saturated carbocycles. The molecule has 0 aromatic rings. The SMILES string of the molecule is C=C(C)C(=O)OC1C(C)OC(COCC(=O)O)C(OC2OC(CCCC(=O)O)C(OC)C(O)C2O)C1O. The molecule has 0 bridgehead atoms. The predicted octanol–water partition coefficient (Wildman–Crippen LogP) is -1.17. The zero-order chi connectivity index (χ0) is 27.9. The van der Waals surface area contributed by atoms with E-state index in [4.69, 9.17) is 38.6 Å². The van der Waals surface area contributed by atoms with E-state index in [-0.39, 0.29) is 31.4 Å². The van der Waals surface area contributed by atoms with Crippen LogP contribution in [0.4, 0.5) is 0 Å².